The van der Waals surface area contributed by atoms with Crippen LogP contribution in [-0.2, 0) is 16.1 Å². The summed E-state index contributed by atoms with van der Waals surface area (Å²) >= 11 is 0. The number of nitrogens with zero attached hydrogens (tertiary/aromatic N) is 3. The predicted molar refractivity (Wildman–Crippen MR) is 99.9 cm³/mol. The molecule has 0 bridgehead atoms. The number of hydrogen-bond acceptors (Lipinski definition) is 4. The van der Waals surface area contributed by atoms with E-state index in [1.165, 1.54) is 0 Å². The van der Waals surface area contributed by atoms with Crippen molar-refractivity contribution >= 4 is 11.8 Å². The van der Waals surface area contributed by atoms with Gasteiger partial charge < -0.3 is 14.5 Å². The summed E-state index contributed by atoms with van der Waals surface area (Å²) in [4.78, 5) is 31.3. The number of benzene rings is 1. The highest BCUT2D eigenvalue weighted by Gasteiger charge is 2.34. The summed E-state index contributed by atoms with van der Waals surface area (Å²) in [5.74, 6) is 0.965. The summed E-state index contributed by atoms with van der Waals surface area (Å²) in [6.07, 6.45) is 3.16. The molecule has 3 rings (SSSR count). The monoisotopic (exact) mass is 359 g/mol. The first-order valence-corrected chi connectivity index (χ1v) is 9.56. The van der Waals surface area contributed by atoms with Gasteiger partial charge in [0.05, 0.1) is 19.7 Å². The molecular weight excluding hydrogens is 330 g/mol. The number of likely N-dealkylation sites (N-methyl/N-ethyl adjacent to an activating group) is 1. The standard InChI is InChI=1S/C20H29N3O3/c1-3-21-11-5-4-6-18(21)20(25)23-13-12-22(19(24)15-23)14-16-7-9-17(26-2)10-8-16/h7-10,18H,3-6,11-15H2,1-2H3/t18-/m1/s1. The quantitative estimate of drug-likeness (QED) is 0.804. The van der Waals surface area contributed by atoms with Crippen molar-refractivity contribution in [2.45, 2.75) is 38.8 Å². The molecule has 0 N–H and O–H groups in total. The number of amides is 2. The fourth-order valence-electron chi connectivity index (χ4n) is 3.88. The van der Waals surface area contributed by atoms with Gasteiger partial charge in [-0.25, -0.2) is 0 Å². The Labute approximate surface area is 155 Å². The Bertz CT molecular complexity index is 632. The third-order valence-corrected chi connectivity index (χ3v) is 5.47. The van der Waals surface area contributed by atoms with Crippen LogP contribution in [0, 0.1) is 0 Å². The lowest BCUT2D eigenvalue weighted by atomic mass is 10.0. The Balaban J connectivity index is 1.57. The molecule has 6 heteroatoms. The molecule has 2 amide bonds. The number of hydrogen-bond donors (Lipinski definition) is 0. The number of rotatable bonds is 5. The van der Waals surface area contributed by atoms with E-state index in [4.69, 9.17) is 4.74 Å². The Hall–Kier alpha value is -2.08. The van der Waals surface area contributed by atoms with Gasteiger partial charge in [0.1, 0.15) is 5.75 Å². The van der Waals surface area contributed by atoms with Gasteiger partial charge >= 0.3 is 0 Å². The van der Waals surface area contributed by atoms with E-state index in [2.05, 4.69) is 11.8 Å². The van der Waals surface area contributed by atoms with Crippen LogP contribution in [0.3, 0.4) is 0 Å². The second-order valence-corrected chi connectivity index (χ2v) is 7.06. The van der Waals surface area contributed by atoms with E-state index in [9.17, 15) is 9.59 Å². The normalized spacial score (nSPS) is 21.8. The molecule has 0 saturated carbocycles. The average molecular weight is 359 g/mol. The zero-order valence-electron chi connectivity index (χ0n) is 15.8. The fraction of sp³-hybridized carbons (Fsp3) is 0.600. The van der Waals surface area contributed by atoms with Crippen molar-refractivity contribution in [1.82, 2.24) is 14.7 Å². The van der Waals surface area contributed by atoms with Gasteiger partial charge in [-0.3, -0.25) is 14.5 Å². The summed E-state index contributed by atoms with van der Waals surface area (Å²) in [7, 11) is 1.64. The van der Waals surface area contributed by atoms with E-state index in [0.29, 0.717) is 19.6 Å². The molecule has 0 spiro atoms. The number of piperidine rings is 1. The number of ether oxygens (including phenoxy) is 1. The third kappa shape index (κ3) is 4.18. The molecule has 0 aromatic heterocycles. The highest BCUT2D eigenvalue weighted by Crippen LogP contribution is 2.20. The van der Waals surface area contributed by atoms with Crippen molar-refractivity contribution < 1.29 is 14.3 Å². The van der Waals surface area contributed by atoms with Gasteiger partial charge in [-0.1, -0.05) is 25.5 Å². The molecule has 0 aliphatic carbocycles. The lowest BCUT2D eigenvalue weighted by Crippen LogP contribution is -2.57. The molecule has 142 valence electrons. The van der Waals surface area contributed by atoms with Gasteiger partial charge in [0, 0.05) is 19.6 Å². The summed E-state index contributed by atoms with van der Waals surface area (Å²) in [5, 5.41) is 0. The molecule has 1 atom stereocenters. The molecule has 0 radical (unpaired) electrons. The van der Waals surface area contributed by atoms with E-state index in [1.807, 2.05) is 29.2 Å². The molecule has 2 aliphatic rings. The molecule has 2 fully saturated rings. The second kappa shape index (κ2) is 8.54. The Morgan fingerprint density at radius 3 is 2.58 bits per heavy atom. The average Bonchev–Trinajstić information content (AvgIpc) is 2.69. The van der Waals surface area contributed by atoms with Crippen molar-refractivity contribution in [2.24, 2.45) is 0 Å². The summed E-state index contributed by atoms with van der Waals surface area (Å²) in [6.45, 7) is 5.96. The molecule has 2 saturated heterocycles. The molecule has 0 unspecified atom stereocenters. The first kappa shape index (κ1) is 18.7. The van der Waals surface area contributed by atoms with Crippen LogP contribution in [0.1, 0.15) is 31.7 Å². The summed E-state index contributed by atoms with van der Waals surface area (Å²) in [6, 6.07) is 7.72. The maximum atomic E-state index is 12.9. The van der Waals surface area contributed by atoms with E-state index < -0.39 is 0 Å². The van der Waals surface area contributed by atoms with E-state index in [-0.39, 0.29) is 24.4 Å². The maximum Gasteiger partial charge on any atom is 0.242 e. The van der Waals surface area contributed by atoms with Gasteiger partial charge in [0.25, 0.3) is 0 Å². The van der Waals surface area contributed by atoms with Crippen LogP contribution >= 0.6 is 0 Å². The van der Waals surface area contributed by atoms with Crippen molar-refractivity contribution in [1.29, 1.82) is 0 Å². The van der Waals surface area contributed by atoms with Crippen LogP contribution in [-0.4, -0.2) is 72.4 Å². The lowest BCUT2D eigenvalue weighted by molar-refractivity contribution is -0.149. The first-order chi connectivity index (χ1) is 12.6. The summed E-state index contributed by atoms with van der Waals surface area (Å²) in [5.41, 5.74) is 1.07. The minimum atomic E-state index is -0.0466. The van der Waals surface area contributed by atoms with Crippen molar-refractivity contribution in [3.63, 3.8) is 0 Å². The largest absolute Gasteiger partial charge is 0.497 e. The van der Waals surface area contributed by atoms with E-state index in [1.54, 1.807) is 12.0 Å². The zero-order chi connectivity index (χ0) is 18.5. The minimum Gasteiger partial charge on any atom is -0.497 e. The maximum absolute atomic E-state index is 12.9. The van der Waals surface area contributed by atoms with Crippen LogP contribution in [0.4, 0.5) is 0 Å². The fourth-order valence-corrected chi connectivity index (χ4v) is 3.88. The molecule has 2 aliphatic heterocycles. The summed E-state index contributed by atoms with van der Waals surface area (Å²) < 4.78 is 5.17. The molecule has 6 nitrogen and oxygen atoms in total. The number of carbonyl (C=O) groups is 2. The SMILES string of the molecule is CCN1CCCC[C@@H]1C(=O)N1CCN(Cc2ccc(OC)cc2)C(=O)C1. The molecular formula is C20H29N3O3. The van der Waals surface area contributed by atoms with Crippen LogP contribution in [0.25, 0.3) is 0 Å². The number of likely N-dealkylation sites (tertiary alicyclic amines) is 1. The van der Waals surface area contributed by atoms with Crippen LogP contribution in [0.5, 0.6) is 5.75 Å². The second-order valence-electron chi connectivity index (χ2n) is 7.06. The Morgan fingerprint density at radius 2 is 1.92 bits per heavy atom. The topological polar surface area (TPSA) is 53.1 Å². The molecule has 26 heavy (non-hydrogen) atoms. The lowest BCUT2D eigenvalue weighted by Gasteiger charge is -2.40. The highest BCUT2D eigenvalue weighted by atomic mass is 16.5. The predicted octanol–water partition coefficient (Wildman–Crippen LogP) is 1.74. The van der Waals surface area contributed by atoms with Gasteiger partial charge in [-0.2, -0.15) is 0 Å². The van der Waals surface area contributed by atoms with Gasteiger partial charge in [-0.05, 0) is 43.6 Å². The van der Waals surface area contributed by atoms with Crippen molar-refractivity contribution in [3.05, 3.63) is 29.8 Å². The molecule has 2 heterocycles. The number of piperazine rings is 1. The minimum absolute atomic E-state index is 0.0271. The first-order valence-electron chi connectivity index (χ1n) is 9.56. The number of methoxy groups -OCH3 is 1. The number of carbonyl (C=O) groups excluding carboxylic acids is 2. The third-order valence-electron chi connectivity index (χ3n) is 5.47. The van der Waals surface area contributed by atoms with E-state index in [0.717, 1.165) is 43.7 Å². The van der Waals surface area contributed by atoms with Crippen LogP contribution in [0.15, 0.2) is 24.3 Å². The molecule has 1 aromatic rings. The van der Waals surface area contributed by atoms with Gasteiger partial charge in [0.2, 0.25) is 11.8 Å². The van der Waals surface area contributed by atoms with Crippen LogP contribution < -0.4 is 4.74 Å². The highest BCUT2D eigenvalue weighted by molar-refractivity contribution is 5.88. The van der Waals surface area contributed by atoms with E-state index >= 15 is 0 Å². The van der Waals surface area contributed by atoms with Crippen molar-refractivity contribution in [3.8, 4) is 5.75 Å². The smallest absolute Gasteiger partial charge is 0.242 e. The zero-order valence-corrected chi connectivity index (χ0v) is 15.8. The van der Waals surface area contributed by atoms with Crippen molar-refractivity contribution in [2.75, 3.05) is 39.8 Å². The van der Waals surface area contributed by atoms with Gasteiger partial charge in [-0.15, -0.1) is 0 Å². The van der Waals surface area contributed by atoms with Crippen LogP contribution in [0.2, 0.25) is 0 Å². The Kier molecular flexibility index (Phi) is 6.14. The molecule has 1 aromatic carbocycles. The Morgan fingerprint density at radius 1 is 1.15 bits per heavy atom. The van der Waals surface area contributed by atoms with Gasteiger partial charge in [0.15, 0.2) is 0 Å².